The van der Waals surface area contributed by atoms with Gasteiger partial charge in [-0.25, -0.2) is 9.97 Å². The molecule has 0 atom stereocenters. The molecule has 0 amide bonds. The van der Waals surface area contributed by atoms with Crippen LogP contribution in [-0.4, -0.2) is 21.1 Å². The van der Waals surface area contributed by atoms with Crippen molar-refractivity contribution in [2.75, 3.05) is 6.54 Å². The van der Waals surface area contributed by atoms with Gasteiger partial charge in [-0.15, -0.1) is 0 Å². The molecule has 0 aromatic carbocycles. The van der Waals surface area contributed by atoms with E-state index in [1.165, 1.54) is 32.1 Å². The lowest BCUT2D eigenvalue weighted by atomic mass is 9.95. The first-order valence-corrected chi connectivity index (χ1v) is 6.92. The first-order valence-electron chi connectivity index (χ1n) is 6.92. The number of hydrogen-bond acceptors (Lipinski definition) is 3. The van der Waals surface area contributed by atoms with Crippen molar-refractivity contribution < 1.29 is 0 Å². The molecule has 3 rings (SSSR count). The predicted octanol–water partition coefficient (Wildman–Crippen LogP) is 2.44. The van der Waals surface area contributed by atoms with Crippen LogP contribution in [0.5, 0.6) is 0 Å². The summed E-state index contributed by atoms with van der Waals surface area (Å²) in [4.78, 5) is 9.22. The van der Waals surface area contributed by atoms with Crippen LogP contribution in [0.25, 0.3) is 11.2 Å². The second-order valence-corrected chi connectivity index (χ2v) is 5.07. The predicted molar refractivity (Wildman–Crippen MR) is 72.4 cm³/mol. The summed E-state index contributed by atoms with van der Waals surface area (Å²) in [6, 6.07) is 4.56. The molecule has 18 heavy (non-hydrogen) atoms. The largest absolute Gasteiger partial charge is 0.330 e. The van der Waals surface area contributed by atoms with E-state index in [0.717, 1.165) is 23.4 Å². The molecule has 0 radical (unpaired) electrons. The van der Waals surface area contributed by atoms with Crippen molar-refractivity contribution in [1.82, 2.24) is 14.5 Å². The van der Waals surface area contributed by atoms with Gasteiger partial charge in [0.15, 0.2) is 5.65 Å². The van der Waals surface area contributed by atoms with Crippen LogP contribution in [-0.2, 0) is 6.42 Å². The topological polar surface area (TPSA) is 56.7 Å². The highest BCUT2D eigenvalue weighted by Gasteiger charge is 2.21. The van der Waals surface area contributed by atoms with Gasteiger partial charge in [-0.1, -0.05) is 19.3 Å². The number of nitrogens with zero attached hydrogens (tertiary/aromatic N) is 3. The molecule has 0 aliphatic heterocycles. The minimum atomic E-state index is 0.570. The van der Waals surface area contributed by atoms with Gasteiger partial charge in [0.1, 0.15) is 11.3 Å². The van der Waals surface area contributed by atoms with Gasteiger partial charge in [0.2, 0.25) is 0 Å². The lowest BCUT2D eigenvalue weighted by Gasteiger charge is -2.25. The molecule has 4 heteroatoms. The van der Waals surface area contributed by atoms with Gasteiger partial charge >= 0.3 is 0 Å². The van der Waals surface area contributed by atoms with Crippen molar-refractivity contribution in [2.24, 2.45) is 5.73 Å². The molecule has 2 heterocycles. The first-order chi connectivity index (χ1) is 8.90. The number of aromatic nitrogens is 3. The van der Waals surface area contributed by atoms with Gasteiger partial charge in [0.05, 0.1) is 0 Å². The molecule has 2 N–H and O–H groups in total. The van der Waals surface area contributed by atoms with Crippen molar-refractivity contribution >= 4 is 11.2 Å². The average molecular weight is 244 g/mol. The van der Waals surface area contributed by atoms with Crippen LogP contribution in [0.2, 0.25) is 0 Å². The molecule has 4 nitrogen and oxygen atoms in total. The van der Waals surface area contributed by atoms with Gasteiger partial charge in [0, 0.05) is 18.7 Å². The number of hydrogen-bond donors (Lipinski definition) is 1. The first kappa shape index (κ1) is 11.7. The monoisotopic (exact) mass is 244 g/mol. The Hall–Kier alpha value is -1.42. The van der Waals surface area contributed by atoms with Crippen LogP contribution < -0.4 is 5.73 Å². The van der Waals surface area contributed by atoms with Crippen LogP contribution >= 0.6 is 0 Å². The fourth-order valence-corrected chi connectivity index (χ4v) is 3.00. The van der Waals surface area contributed by atoms with Crippen molar-refractivity contribution in [1.29, 1.82) is 0 Å². The molecule has 1 aliphatic carbocycles. The van der Waals surface area contributed by atoms with Crippen molar-refractivity contribution in [3.05, 3.63) is 24.2 Å². The number of fused-ring (bicyclic) bond motifs is 1. The van der Waals surface area contributed by atoms with Crippen LogP contribution in [0.1, 0.15) is 44.0 Å². The van der Waals surface area contributed by atoms with Gasteiger partial charge in [0.25, 0.3) is 0 Å². The molecule has 0 bridgehead atoms. The summed E-state index contributed by atoms with van der Waals surface area (Å²) in [6.07, 6.45) is 9.20. The van der Waals surface area contributed by atoms with Crippen LogP contribution in [0.4, 0.5) is 0 Å². The highest BCUT2D eigenvalue weighted by atomic mass is 15.2. The molecule has 0 spiro atoms. The van der Waals surface area contributed by atoms with E-state index in [-0.39, 0.29) is 0 Å². The van der Waals surface area contributed by atoms with E-state index in [0.29, 0.717) is 12.6 Å². The molecule has 96 valence electrons. The Kier molecular flexibility index (Phi) is 3.28. The summed E-state index contributed by atoms with van der Waals surface area (Å²) < 4.78 is 2.35. The number of rotatable bonds is 3. The normalized spacial score (nSPS) is 17.4. The van der Waals surface area contributed by atoms with Crippen molar-refractivity contribution in [3.8, 4) is 0 Å². The molecule has 0 unspecified atom stereocenters. The standard InChI is InChI=1S/C14H20N4/c15-9-8-13-17-12-7-4-10-16-14(12)18(13)11-5-2-1-3-6-11/h4,7,10-11H,1-3,5-6,8-9,15H2. The van der Waals surface area contributed by atoms with Crippen molar-refractivity contribution in [2.45, 2.75) is 44.6 Å². The zero-order chi connectivity index (χ0) is 12.4. The van der Waals surface area contributed by atoms with E-state index in [4.69, 9.17) is 10.7 Å². The summed E-state index contributed by atoms with van der Waals surface area (Å²) in [5, 5.41) is 0. The zero-order valence-electron chi connectivity index (χ0n) is 10.7. The Morgan fingerprint density at radius 3 is 2.89 bits per heavy atom. The van der Waals surface area contributed by atoms with Gasteiger partial charge in [-0.2, -0.15) is 0 Å². The Morgan fingerprint density at radius 2 is 2.11 bits per heavy atom. The molecule has 0 saturated heterocycles. The summed E-state index contributed by atoms with van der Waals surface area (Å²) in [5.74, 6) is 1.11. The fraction of sp³-hybridized carbons (Fsp3) is 0.571. The molecular weight excluding hydrogens is 224 g/mol. The Labute approximate surface area is 107 Å². The summed E-state index contributed by atoms with van der Waals surface area (Å²) >= 11 is 0. The molecule has 1 fully saturated rings. The minimum Gasteiger partial charge on any atom is -0.330 e. The smallest absolute Gasteiger partial charge is 0.160 e. The second-order valence-electron chi connectivity index (χ2n) is 5.07. The molecule has 2 aromatic heterocycles. The molecule has 1 saturated carbocycles. The SMILES string of the molecule is NCCc1nc2cccnc2n1C1CCCCC1. The van der Waals surface area contributed by atoms with E-state index in [2.05, 4.69) is 9.55 Å². The average Bonchev–Trinajstić information content (AvgIpc) is 2.78. The number of nitrogens with two attached hydrogens (primary N) is 1. The van der Waals surface area contributed by atoms with Crippen LogP contribution in [0, 0.1) is 0 Å². The third-order valence-electron chi connectivity index (χ3n) is 3.83. The Morgan fingerprint density at radius 1 is 1.28 bits per heavy atom. The third kappa shape index (κ3) is 2.01. The molecular formula is C14H20N4. The fourth-order valence-electron chi connectivity index (χ4n) is 3.00. The summed E-state index contributed by atoms with van der Waals surface area (Å²) in [6.45, 7) is 0.649. The van der Waals surface area contributed by atoms with Gasteiger partial charge in [-0.05, 0) is 31.5 Å². The molecule has 2 aromatic rings. The van der Waals surface area contributed by atoms with Crippen LogP contribution in [0.15, 0.2) is 18.3 Å². The Balaban J connectivity index is 2.07. The lowest BCUT2D eigenvalue weighted by Crippen LogP contribution is -2.18. The maximum atomic E-state index is 5.71. The third-order valence-corrected chi connectivity index (χ3v) is 3.83. The highest BCUT2D eigenvalue weighted by Crippen LogP contribution is 2.31. The quantitative estimate of drug-likeness (QED) is 0.902. The second kappa shape index (κ2) is 5.06. The summed E-state index contributed by atoms with van der Waals surface area (Å²) in [5.41, 5.74) is 7.75. The van der Waals surface area contributed by atoms with E-state index in [1.807, 2.05) is 18.3 Å². The van der Waals surface area contributed by atoms with E-state index in [9.17, 15) is 0 Å². The number of imidazole rings is 1. The van der Waals surface area contributed by atoms with Gasteiger partial charge in [-0.3, -0.25) is 0 Å². The maximum Gasteiger partial charge on any atom is 0.160 e. The Bertz CT molecular complexity index is 526. The minimum absolute atomic E-state index is 0.570. The van der Waals surface area contributed by atoms with Crippen LogP contribution in [0.3, 0.4) is 0 Å². The lowest BCUT2D eigenvalue weighted by molar-refractivity contribution is 0.351. The van der Waals surface area contributed by atoms with E-state index < -0.39 is 0 Å². The number of pyridine rings is 1. The van der Waals surface area contributed by atoms with Gasteiger partial charge < -0.3 is 10.3 Å². The maximum absolute atomic E-state index is 5.71. The van der Waals surface area contributed by atoms with Crippen molar-refractivity contribution in [3.63, 3.8) is 0 Å². The van der Waals surface area contributed by atoms with E-state index >= 15 is 0 Å². The molecule has 1 aliphatic rings. The van der Waals surface area contributed by atoms with E-state index in [1.54, 1.807) is 0 Å². The highest BCUT2D eigenvalue weighted by molar-refractivity contribution is 5.71. The summed E-state index contributed by atoms with van der Waals surface area (Å²) in [7, 11) is 0. The zero-order valence-corrected chi connectivity index (χ0v) is 10.7.